The Balaban J connectivity index is 2.43. The fourth-order valence-electron chi connectivity index (χ4n) is 2.65. The number of amides is 1. The predicted molar refractivity (Wildman–Crippen MR) is 97.2 cm³/mol. The summed E-state index contributed by atoms with van der Waals surface area (Å²) in [6.07, 6.45) is 3.12. The summed E-state index contributed by atoms with van der Waals surface area (Å²) >= 11 is 6.71. The quantitative estimate of drug-likeness (QED) is 0.476. The second-order valence-corrected chi connectivity index (χ2v) is 7.87. The molecule has 1 aliphatic heterocycles. The van der Waals surface area contributed by atoms with Crippen LogP contribution in [-0.2, 0) is 4.79 Å². The Morgan fingerprint density at radius 3 is 2.48 bits per heavy atom. The van der Waals surface area contributed by atoms with Crippen LogP contribution in [0.3, 0.4) is 0 Å². The van der Waals surface area contributed by atoms with E-state index in [1.807, 2.05) is 37.3 Å². The summed E-state index contributed by atoms with van der Waals surface area (Å²) in [6.45, 7) is 1.72. The van der Waals surface area contributed by atoms with Gasteiger partial charge in [0.25, 0.3) is 5.91 Å². The lowest BCUT2D eigenvalue weighted by Crippen LogP contribution is -2.29. The molecule has 5 nitrogen and oxygen atoms in total. The molecule has 122 valence electrons. The molecule has 0 saturated heterocycles. The number of halogens is 2. The number of hydrogen-bond acceptors (Lipinski definition) is 3. The van der Waals surface area contributed by atoms with E-state index in [9.17, 15) is 14.9 Å². The first-order valence-corrected chi connectivity index (χ1v) is 8.82. The number of allylic oxidation sites excluding steroid dienone is 1. The van der Waals surface area contributed by atoms with Crippen LogP contribution in [0.4, 0.5) is 5.69 Å². The zero-order valence-corrected chi connectivity index (χ0v) is 15.7. The number of carbonyl (C=O) groups excluding carboxylic acids is 1. The second kappa shape index (κ2) is 7.88. The van der Waals surface area contributed by atoms with E-state index in [1.165, 1.54) is 0 Å². The zero-order valence-electron chi connectivity index (χ0n) is 12.5. The topological polar surface area (TPSA) is 63.5 Å². The maximum Gasteiger partial charge on any atom is 0.259 e. The van der Waals surface area contributed by atoms with E-state index < -0.39 is 0 Å². The monoisotopic (exact) mass is 442 g/mol. The van der Waals surface area contributed by atoms with E-state index in [4.69, 9.17) is 0 Å². The van der Waals surface area contributed by atoms with Gasteiger partial charge in [-0.3, -0.25) is 19.8 Å². The van der Waals surface area contributed by atoms with Gasteiger partial charge in [-0.1, -0.05) is 31.5 Å². The van der Waals surface area contributed by atoms with Crippen LogP contribution < -0.4 is 4.90 Å². The first-order chi connectivity index (χ1) is 11.0. The van der Waals surface area contributed by atoms with E-state index in [-0.39, 0.29) is 23.3 Å². The summed E-state index contributed by atoms with van der Waals surface area (Å²) < 4.78 is 0.633. The van der Waals surface area contributed by atoms with E-state index in [2.05, 4.69) is 31.9 Å². The van der Waals surface area contributed by atoms with Crippen molar-refractivity contribution in [2.75, 3.05) is 11.4 Å². The van der Waals surface area contributed by atoms with Gasteiger partial charge in [0.05, 0.1) is 15.0 Å². The minimum absolute atomic E-state index is 0.206. The second-order valence-electron chi connectivity index (χ2n) is 5.22. The lowest BCUT2D eigenvalue weighted by atomic mass is 9.94. The fourth-order valence-corrected chi connectivity index (χ4v) is 3.23. The highest BCUT2D eigenvalue weighted by Crippen LogP contribution is 2.37. The number of nitro groups is 1. The van der Waals surface area contributed by atoms with Crippen LogP contribution in [-0.4, -0.2) is 17.4 Å². The molecule has 0 radical (unpaired) electrons. The van der Waals surface area contributed by atoms with Gasteiger partial charge in [0.15, 0.2) is 0 Å². The SMILES string of the molecule is CCCC(C[N+](=O)[O-])C1=CC(=C(Br)Br)N(c2ccccc2)C1=O. The van der Waals surface area contributed by atoms with Crippen molar-refractivity contribution < 1.29 is 9.72 Å². The number of nitrogens with zero attached hydrogens (tertiary/aromatic N) is 2. The van der Waals surface area contributed by atoms with Crippen molar-refractivity contribution in [3.63, 3.8) is 0 Å². The van der Waals surface area contributed by atoms with Crippen LogP contribution in [0.5, 0.6) is 0 Å². The fraction of sp³-hybridized carbons (Fsp3) is 0.312. The predicted octanol–water partition coefficient (Wildman–Crippen LogP) is 4.61. The molecule has 2 rings (SSSR count). The van der Waals surface area contributed by atoms with Gasteiger partial charge in [-0.2, -0.15) is 0 Å². The van der Waals surface area contributed by atoms with Gasteiger partial charge >= 0.3 is 0 Å². The Morgan fingerprint density at radius 2 is 1.96 bits per heavy atom. The average molecular weight is 444 g/mol. The first-order valence-electron chi connectivity index (χ1n) is 7.23. The van der Waals surface area contributed by atoms with Crippen LogP contribution in [0.15, 0.2) is 51.1 Å². The summed E-state index contributed by atoms with van der Waals surface area (Å²) in [5, 5.41) is 10.9. The van der Waals surface area contributed by atoms with Crippen molar-refractivity contribution in [3.8, 4) is 0 Å². The number of carbonyl (C=O) groups is 1. The third-order valence-corrected chi connectivity index (χ3v) is 4.45. The highest BCUT2D eigenvalue weighted by atomic mass is 79.9. The Bertz CT molecular complexity index is 667. The third kappa shape index (κ3) is 4.09. The Morgan fingerprint density at radius 1 is 1.30 bits per heavy atom. The molecule has 0 aromatic heterocycles. The lowest BCUT2D eigenvalue weighted by Gasteiger charge is -2.20. The summed E-state index contributed by atoms with van der Waals surface area (Å²) in [4.78, 5) is 25.0. The van der Waals surface area contributed by atoms with Crippen LogP contribution in [0.2, 0.25) is 0 Å². The molecular weight excluding hydrogens is 428 g/mol. The molecule has 0 aliphatic carbocycles. The van der Waals surface area contributed by atoms with Gasteiger partial charge in [0, 0.05) is 16.2 Å². The van der Waals surface area contributed by atoms with Crippen LogP contribution >= 0.6 is 31.9 Å². The third-order valence-electron chi connectivity index (χ3n) is 3.64. The van der Waals surface area contributed by atoms with Gasteiger partial charge in [0.2, 0.25) is 6.54 Å². The molecule has 1 atom stereocenters. The van der Waals surface area contributed by atoms with Crippen molar-refractivity contribution in [2.45, 2.75) is 19.8 Å². The van der Waals surface area contributed by atoms with Crippen molar-refractivity contribution in [2.24, 2.45) is 5.92 Å². The smallest absolute Gasteiger partial charge is 0.259 e. The minimum atomic E-state index is -0.384. The molecule has 0 fully saturated rings. The molecule has 1 aromatic carbocycles. The van der Waals surface area contributed by atoms with Crippen molar-refractivity contribution >= 4 is 43.5 Å². The van der Waals surface area contributed by atoms with Crippen LogP contribution in [0, 0.1) is 16.0 Å². The van der Waals surface area contributed by atoms with Crippen molar-refractivity contribution in [1.29, 1.82) is 0 Å². The van der Waals surface area contributed by atoms with Crippen LogP contribution in [0.1, 0.15) is 19.8 Å². The molecule has 1 aliphatic rings. The van der Waals surface area contributed by atoms with Crippen molar-refractivity contribution in [3.05, 3.63) is 61.2 Å². The summed E-state index contributed by atoms with van der Waals surface area (Å²) in [5.41, 5.74) is 1.87. The van der Waals surface area contributed by atoms with E-state index in [1.54, 1.807) is 11.0 Å². The summed E-state index contributed by atoms with van der Waals surface area (Å²) in [5.74, 6) is -0.589. The Kier molecular flexibility index (Phi) is 6.12. The standard InChI is InChI=1S/C16H16Br2N2O3/c1-2-6-11(10-19(22)23)13-9-14(15(17)18)20(16(13)21)12-7-4-3-5-8-12/h3-5,7-9,11H,2,6,10H2,1H3. The number of benzene rings is 1. The molecule has 0 bridgehead atoms. The molecule has 23 heavy (non-hydrogen) atoms. The van der Waals surface area contributed by atoms with E-state index in [0.717, 1.165) is 12.1 Å². The molecule has 1 amide bonds. The normalized spacial score (nSPS) is 15.6. The average Bonchev–Trinajstić information content (AvgIpc) is 2.85. The number of anilines is 1. The number of rotatable bonds is 6. The highest BCUT2D eigenvalue weighted by molar-refractivity contribution is 9.28. The van der Waals surface area contributed by atoms with Gasteiger partial charge in [-0.25, -0.2) is 0 Å². The first kappa shape index (κ1) is 17.9. The number of hydrogen-bond donors (Lipinski definition) is 0. The molecule has 1 heterocycles. The van der Waals surface area contributed by atoms with Gasteiger partial charge in [-0.15, -0.1) is 0 Å². The largest absolute Gasteiger partial charge is 0.276 e. The Hall–Kier alpha value is -1.47. The number of para-hydroxylation sites is 1. The van der Waals surface area contributed by atoms with E-state index >= 15 is 0 Å². The summed E-state index contributed by atoms with van der Waals surface area (Å²) in [7, 11) is 0. The molecule has 7 heteroatoms. The Labute approximate surface area is 151 Å². The molecule has 0 saturated carbocycles. The van der Waals surface area contributed by atoms with Gasteiger partial charge in [0.1, 0.15) is 0 Å². The van der Waals surface area contributed by atoms with E-state index in [0.29, 0.717) is 21.1 Å². The molecule has 1 aromatic rings. The van der Waals surface area contributed by atoms with Crippen molar-refractivity contribution in [1.82, 2.24) is 0 Å². The molecular formula is C16H16Br2N2O3. The maximum absolute atomic E-state index is 12.9. The lowest BCUT2D eigenvalue weighted by molar-refractivity contribution is -0.486. The zero-order chi connectivity index (χ0) is 17.0. The maximum atomic E-state index is 12.9. The molecule has 0 N–H and O–H groups in total. The minimum Gasteiger partial charge on any atom is -0.276 e. The highest BCUT2D eigenvalue weighted by Gasteiger charge is 2.36. The van der Waals surface area contributed by atoms with Crippen LogP contribution in [0.25, 0.3) is 0 Å². The van der Waals surface area contributed by atoms with Gasteiger partial charge < -0.3 is 0 Å². The summed E-state index contributed by atoms with van der Waals surface area (Å²) in [6, 6.07) is 9.24. The molecule has 0 spiro atoms. The van der Waals surface area contributed by atoms with Gasteiger partial charge in [-0.05, 0) is 56.5 Å². The molecule has 1 unspecified atom stereocenters.